The van der Waals surface area contributed by atoms with Gasteiger partial charge in [0.25, 0.3) is 0 Å². The fourth-order valence-corrected chi connectivity index (χ4v) is 3.31. The monoisotopic (exact) mass is 306 g/mol. The van der Waals surface area contributed by atoms with Gasteiger partial charge in [0.15, 0.2) is 6.23 Å². The minimum Gasteiger partial charge on any atom is -0.507 e. The largest absolute Gasteiger partial charge is 0.507 e. The van der Waals surface area contributed by atoms with E-state index in [0.717, 1.165) is 6.42 Å². The summed E-state index contributed by atoms with van der Waals surface area (Å²) in [5, 5.41) is 20.4. The van der Waals surface area contributed by atoms with Crippen LogP contribution in [0.2, 0.25) is 0 Å². The van der Waals surface area contributed by atoms with Crippen LogP contribution in [0.3, 0.4) is 0 Å². The molecule has 0 spiro atoms. The average Bonchev–Trinajstić information content (AvgIpc) is 2.89. The highest BCUT2D eigenvalue weighted by Gasteiger charge is 2.29. The Labute approximate surface area is 125 Å². The quantitative estimate of drug-likeness (QED) is 0.849. The lowest BCUT2D eigenvalue weighted by atomic mass is 10.2. The second-order valence-corrected chi connectivity index (χ2v) is 5.67. The molecule has 3 rings (SSSR count). The maximum Gasteiger partial charge on any atom is 0.230 e. The van der Waals surface area contributed by atoms with Crippen molar-refractivity contribution in [1.29, 1.82) is 0 Å². The van der Waals surface area contributed by atoms with Gasteiger partial charge in [-0.05, 0) is 18.6 Å². The van der Waals surface area contributed by atoms with Crippen LogP contribution in [0, 0.1) is 0 Å². The number of hydrogen-bond donors (Lipinski definition) is 2. The van der Waals surface area contributed by atoms with Crippen LogP contribution in [0.4, 0.5) is 0 Å². The van der Waals surface area contributed by atoms with Crippen molar-refractivity contribution in [2.45, 2.75) is 12.6 Å². The molecule has 1 aliphatic rings. The van der Waals surface area contributed by atoms with Crippen molar-refractivity contribution in [3.63, 3.8) is 0 Å². The summed E-state index contributed by atoms with van der Waals surface area (Å²) < 4.78 is 5.57. The summed E-state index contributed by atoms with van der Waals surface area (Å²) in [6.45, 7) is 1.11. The molecule has 2 heterocycles. The second-order valence-electron chi connectivity index (χ2n) is 4.64. The summed E-state index contributed by atoms with van der Waals surface area (Å²) in [5.74, 6) is -0.0772. The number of phenolic OH excluding ortho intramolecular Hbond substituents is 1. The average molecular weight is 306 g/mol. The molecule has 1 aromatic heterocycles. The fraction of sp³-hybridized carbons (Fsp3) is 0.286. The molecule has 1 saturated heterocycles. The van der Waals surface area contributed by atoms with Gasteiger partial charge >= 0.3 is 0 Å². The van der Waals surface area contributed by atoms with Gasteiger partial charge in [0, 0.05) is 6.54 Å². The topological polar surface area (TPSA) is 82.9 Å². The number of para-hydroxylation sites is 1. The predicted octanol–water partition coefficient (Wildman–Crippen LogP) is 2.10. The molecule has 2 aromatic rings. The van der Waals surface area contributed by atoms with Gasteiger partial charge in [0.05, 0.1) is 12.2 Å². The maximum atomic E-state index is 11.1. The highest BCUT2D eigenvalue weighted by Crippen LogP contribution is 2.41. The van der Waals surface area contributed by atoms with Crippen molar-refractivity contribution in [1.82, 2.24) is 9.88 Å². The van der Waals surface area contributed by atoms with Crippen LogP contribution in [0.5, 0.6) is 11.6 Å². The van der Waals surface area contributed by atoms with Gasteiger partial charge < -0.3 is 19.8 Å². The molecule has 7 heteroatoms. The summed E-state index contributed by atoms with van der Waals surface area (Å²) >= 11 is 1.21. The number of aromatic hydroxyl groups is 2. The first-order valence-electron chi connectivity index (χ1n) is 6.51. The fourth-order valence-electron chi connectivity index (χ4n) is 2.24. The van der Waals surface area contributed by atoms with Crippen LogP contribution >= 0.6 is 11.3 Å². The van der Waals surface area contributed by atoms with Crippen LogP contribution < -0.4 is 0 Å². The molecule has 110 valence electrons. The molecule has 1 aromatic carbocycles. The number of rotatable bonds is 3. The van der Waals surface area contributed by atoms with E-state index in [1.807, 2.05) is 0 Å². The molecule has 0 aliphatic carbocycles. The Hall–Kier alpha value is -2.12. The molecule has 1 fully saturated rings. The number of carbonyl (C=O) groups is 1. The zero-order valence-electron chi connectivity index (χ0n) is 11.1. The van der Waals surface area contributed by atoms with E-state index in [2.05, 4.69) is 4.98 Å². The first-order chi connectivity index (χ1) is 10.2. The Bertz CT molecular complexity index is 658. The number of aromatic nitrogens is 1. The van der Waals surface area contributed by atoms with Gasteiger partial charge in [0.2, 0.25) is 12.3 Å². The van der Waals surface area contributed by atoms with E-state index in [-0.39, 0.29) is 11.6 Å². The highest BCUT2D eigenvalue weighted by molar-refractivity contribution is 7.15. The maximum absolute atomic E-state index is 11.1. The van der Waals surface area contributed by atoms with Crippen LogP contribution in [-0.4, -0.2) is 39.7 Å². The SMILES string of the molecule is O=CN1CCCOC1c1sc(-c2ccccc2O)nc1O. The third kappa shape index (κ3) is 2.57. The molecular weight excluding hydrogens is 292 g/mol. The molecule has 1 aliphatic heterocycles. The lowest BCUT2D eigenvalue weighted by Gasteiger charge is -2.31. The lowest BCUT2D eigenvalue weighted by Crippen LogP contribution is -2.35. The summed E-state index contributed by atoms with van der Waals surface area (Å²) in [5.41, 5.74) is 0.539. The summed E-state index contributed by atoms with van der Waals surface area (Å²) in [6.07, 6.45) is 0.859. The van der Waals surface area contributed by atoms with Crippen molar-refractivity contribution in [3.8, 4) is 22.2 Å². The van der Waals surface area contributed by atoms with Gasteiger partial charge in [-0.25, -0.2) is 4.98 Å². The zero-order chi connectivity index (χ0) is 14.8. The number of carbonyl (C=O) groups excluding carboxylic acids is 1. The number of phenols is 1. The zero-order valence-corrected chi connectivity index (χ0v) is 11.9. The molecule has 2 N–H and O–H groups in total. The molecule has 21 heavy (non-hydrogen) atoms. The molecular formula is C14H14N2O4S. The van der Waals surface area contributed by atoms with Crippen molar-refractivity contribution in [3.05, 3.63) is 29.1 Å². The Morgan fingerprint density at radius 1 is 1.38 bits per heavy atom. The Kier molecular flexibility index (Phi) is 3.76. The standard InChI is InChI=1S/C14H14N2O4S/c17-8-16-6-3-7-20-14(16)11-12(19)15-13(21-11)9-4-1-2-5-10(9)18/h1-2,4-5,8,14,18-19H,3,6-7H2. The first kappa shape index (κ1) is 13.8. The van der Waals surface area contributed by atoms with E-state index >= 15 is 0 Å². The van der Waals surface area contributed by atoms with Gasteiger partial charge in [-0.1, -0.05) is 12.1 Å². The highest BCUT2D eigenvalue weighted by atomic mass is 32.1. The van der Waals surface area contributed by atoms with Gasteiger partial charge in [0.1, 0.15) is 15.6 Å². The van der Waals surface area contributed by atoms with E-state index < -0.39 is 6.23 Å². The normalized spacial score (nSPS) is 18.7. The van der Waals surface area contributed by atoms with Gasteiger partial charge in [-0.3, -0.25) is 4.79 Å². The molecule has 1 unspecified atom stereocenters. The summed E-state index contributed by atoms with van der Waals surface area (Å²) in [6, 6.07) is 6.77. The van der Waals surface area contributed by atoms with E-state index in [9.17, 15) is 15.0 Å². The number of nitrogens with zero attached hydrogens (tertiary/aromatic N) is 2. The van der Waals surface area contributed by atoms with Crippen LogP contribution in [0.1, 0.15) is 17.5 Å². The van der Waals surface area contributed by atoms with Crippen molar-refractivity contribution < 1.29 is 19.7 Å². The van der Waals surface area contributed by atoms with Crippen molar-refractivity contribution in [2.24, 2.45) is 0 Å². The van der Waals surface area contributed by atoms with Crippen LogP contribution in [0.25, 0.3) is 10.6 Å². The number of amides is 1. The third-order valence-corrected chi connectivity index (χ3v) is 4.37. The Balaban J connectivity index is 1.98. The molecule has 0 bridgehead atoms. The number of ether oxygens (including phenoxy) is 1. The van der Waals surface area contributed by atoms with E-state index in [1.54, 1.807) is 24.3 Å². The first-order valence-corrected chi connectivity index (χ1v) is 7.33. The minimum absolute atomic E-state index is 0.0922. The van der Waals surface area contributed by atoms with Gasteiger partial charge in [-0.15, -0.1) is 11.3 Å². The smallest absolute Gasteiger partial charge is 0.230 e. The van der Waals surface area contributed by atoms with Crippen LogP contribution in [-0.2, 0) is 9.53 Å². The minimum atomic E-state index is -0.617. The second kappa shape index (κ2) is 5.71. The molecule has 1 amide bonds. The molecule has 0 radical (unpaired) electrons. The predicted molar refractivity (Wildman–Crippen MR) is 77.0 cm³/mol. The lowest BCUT2D eigenvalue weighted by molar-refractivity contribution is -0.142. The van der Waals surface area contributed by atoms with Crippen molar-refractivity contribution in [2.75, 3.05) is 13.2 Å². The third-order valence-electron chi connectivity index (χ3n) is 3.27. The van der Waals surface area contributed by atoms with Crippen LogP contribution in [0.15, 0.2) is 24.3 Å². The number of benzene rings is 1. The number of thiazole rings is 1. The molecule has 1 atom stereocenters. The Morgan fingerprint density at radius 2 is 2.19 bits per heavy atom. The van der Waals surface area contributed by atoms with E-state index in [4.69, 9.17) is 4.74 Å². The van der Waals surface area contributed by atoms with Gasteiger partial charge in [-0.2, -0.15) is 0 Å². The Morgan fingerprint density at radius 3 is 2.95 bits per heavy atom. The van der Waals surface area contributed by atoms with E-state index in [1.165, 1.54) is 16.2 Å². The summed E-state index contributed by atoms with van der Waals surface area (Å²) in [7, 11) is 0. The molecule has 6 nitrogen and oxygen atoms in total. The summed E-state index contributed by atoms with van der Waals surface area (Å²) in [4.78, 5) is 17.1. The number of hydrogen-bond acceptors (Lipinski definition) is 6. The van der Waals surface area contributed by atoms with Crippen molar-refractivity contribution >= 4 is 17.7 Å². The van der Waals surface area contributed by atoms with E-state index in [0.29, 0.717) is 35.0 Å². The molecule has 0 saturated carbocycles.